The Balaban J connectivity index is 1.82. The first kappa shape index (κ1) is 25.9. The van der Waals surface area contributed by atoms with Crippen molar-refractivity contribution in [3.63, 3.8) is 0 Å². The number of carbonyl (C=O) groups excluding carboxylic acids is 3. The molecule has 0 saturated carbocycles. The second-order valence-corrected chi connectivity index (χ2v) is 9.39. The van der Waals surface area contributed by atoms with Gasteiger partial charge in [-0.1, -0.05) is 60.7 Å². The molecule has 0 radical (unpaired) electrons. The second kappa shape index (κ2) is 10.6. The van der Waals surface area contributed by atoms with Crippen molar-refractivity contribution in [1.82, 2.24) is 0 Å². The van der Waals surface area contributed by atoms with Crippen LogP contribution in [-0.4, -0.2) is 31.9 Å². The van der Waals surface area contributed by atoms with E-state index in [1.165, 1.54) is 38.5 Å². The molecule has 8 heteroatoms. The average molecular weight is 527 g/mol. The van der Waals surface area contributed by atoms with Crippen LogP contribution in [0.4, 0.5) is 10.1 Å². The number of esters is 2. The van der Waals surface area contributed by atoms with Crippen molar-refractivity contribution < 1.29 is 28.2 Å². The normalized spacial score (nSPS) is 20.9. The maximum Gasteiger partial charge on any atom is 0.338 e. The summed E-state index contributed by atoms with van der Waals surface area (Å²) in [7, 11) is 2.47. The molecule has 5 rings (SSSR count). The molecule has 0 amide bonds. The Labute approximate surface area is 225 Å². The van der Waals surface area contributed by atoms with Crippen molar-refractivity contribution >= 4 is 23.4 Å². The lowest BCUT2D eigenvalue weighted by molar-refractivity contribution is -0.150. The van der Waals surface area contributed by atoms with Crippen molar-refractivity contribution in [2.24, 2.45) is 11.7 Å². The van der Waals surface area contributed by atoms with Gasteiger partial charge in [0.05, 0.1) is 25.7 Å². The lowest BCUT2D eigenvalue weighted by atomic mass is 9.67. The molecule has 7 nitrogen and oxygen atoms in total. The quantitative estimate of drug-likeness (QED) is 0.384. The summed E-state index contributed by atoms with van der Waals surface area (Å²) >= 11 is 0. The number of hydrogen-bond donors (Lipinski definition) is 1. The van der Waals surface area contributed by atoms with Crippen molar-refractivity contribution in [3.05, 3.63) is 125 Å². The summed E-state index contributed by atoms with van der Waals surface area (Å²) in [5, 5.41) is 0. The molecular weight excluding hydrogens is 499 g/mol. The minimum atomic E-state index is -1.16. The molecule has 1 heterocycles. The predicted molar refractivity (Wildman–Crippen MR) is 143 cm³/mol. The van der Waals surface area contributed by atoms with Gasteiger partial charge in [0.2, 0.25) is 0 Å². The van der Waals surface area contributed by atoms with Gasteiger partial charge in [0.15, 0.2) is 5.78 Å². The number of ether oxygens (including phenoxy) is 2. The Morgan fingerprint density at radius 1 is 0.872 bits per heavy atom. The van der Waals surface area contributed by atoms with Crippen molar-refractivity contribution in [2.75, 3.05) is 19.1 Å². The number of benzene rings is 3. The van der Waals surface area contributed by atoms with Crippen molar-refractivity contribution in [3.8, 4) is 0 Å². The van der Waals surface area contributed by atoms with Crippen LogP contribution in [0, 0.1) is 11.7 Å². The minimum Gasteiger partial charge on any atom is -0.468 e. The van der Waals surface area contributed by atoms with Gasteiger partial charge >= 0.3 is 11.9 Å². The molecule has 0 spiro atoms. The van der Waals surface area contributed by atoms with E-state index in [0.717, 1.165) is 5.56 Å². The predicted octanol–water partition coefficient (Wildman–Crippen LogP) is 4.57. The Hall–Kier alpha value is -4.72. The molecule has 0 unspecified atom stereocenters. The highest BCUT2D eigenvalue weighted by atomic mass is 19.1. The lowest BCUT2D eigenvalue weighted by Crippen LogP contribution is -2.46. The first-order valence-electron chi connectivity index (χ1n) is 12.5. The van der Waals surface area contributed by atoms with Crippen LogP contribution in [0.1, 0.15) is 29.4 Å². The van der Waals surface area contributed by atoms with Gasteiger partial charge in [-0.2, -0.15) is 0 Å². The maximum atomic E-state index is 14.5. The van der Waals surface area contributed by atoms with E-state index in [1.54, 1.807) is 4.90 Å². The number of nitrogens with zero attached hydrogens (tertiary/aromatic N) is 1. The van der Waals surface area contributed by atoms with Crippen LogP contribution in [-0.2, 0) is 23.9 Å². The third kappa shape index (κ3) is 4.48. The zero-order valence-corrected chi connectivity index (χ0v) is 21.5. The first-order chi connectivity index (χ1) is 18.9. The summed E-state index contributed by atoms with van der Waals surface area (Å²) in [6, 6.07) is 23.9. The van der Waals surface area contributed by atoms with Crippen LogP contribution >= 0.6 is 0 Å². The Kier molecular flexibility index (Phi) is 7.02. The molecule has 0 fully saturated rings. The number of para-hydroxylation sites is 1. The number of methoxy groups -OCH3 is 2. The van der Waals surface area contributed by atoms with Crippen LogP contribution in [0.3, 0.4) is 0 Å². The molecule has 0 saturated heterocycles. The third-order valence-electron chi connectivity index (χ3n) is 7.34. The van der Waals surface area contributed by atoms with Crippen LogP contribution in [0.5, 0.6) is 0 Å². The lowest BCUT2D eigenvalue weighted by Gasteiger charge is -2.44. The molecule has 3 aromatic carbocycles. The first-order valence-corrected chi connectivity index (χ1v) is 12.5. The standard InChI is InChI=1S/C31H27FN2O5/c1-38-30(36)25-22(18-9-5-3-6-10-18)17-23-26(28(25)35)24(19-13-15-20(32)16-14-19)27(31(37)39-2)29(33)34(23)21-11-7-4-8-12-21/h3-16,22,24-25H,17,33H2,1-2H3/t22-,24-,25-/m1/s1. The molecule has 3 atom stereocenters. The molecule has 39 heavy (non-hydrogen) atoms. The number of rotatable bonds is 5. The molecule has 0 aromatic heterocycles. The Bertz CT molecular complexity index is 1480. The smallest absolute Gasteiger partial charge is 0.338 e. The summed E-state index contributed by atoms with van der Waals surface area (Å²) < 4.78 is 24.1. The summed E-state index contributed by atoms with van der Waals surface area (Å²) in [5.74, 6) is -4.96. The monoisotopic (exact) mass is 526 g/mol. The van der Waals surface area contributed by atoms with Gasteiger partial charge in [0.25, 0.3) is 0 Å². The Morgan fingerprint density at radius 3 is 2.08 bits per heavy atom. The molecular formula is C31H27FN2O5. The van der Waals surface area contributed by atoms with Crippen LogP contribution in [0.2, 0.25) is 0 Å². The molecule has 1 aliphatic carbocycles. The number of halogens is 1. The molecule has 3 aromatic rings. The van der Waals surface area contributed by atoms with E-state index < -0.39 is 41.3 Å². The zero-order valence-electron chi connectivity index (χ0n) is 21.5. The molecule has 0 bridgehead atoms. The highest BCUT2D eigenvalue weighted by Gasteiger charge is 2.51. The summed E-state index contributed by atoms with van der Waals surface area (Å²) in [5.41, 5.74) is 9.45. The molecule has 2 N–H and O–H groups in total. The number of allylic oxidation sites excluding steroid dienone is 2. The summed E-state index contributed by atoms with van der Waals surface area (Å²) in [6.07, 6.45) is 0.257. The fraction of sp³-hybridized carbons (Fsp3) is 0.194. The number of nitrogens with two attached hydrogens (primary N) is 1. The van der Waals surface area contributed by atoms with Gasteiger partial charge in [0, 0.05) is 22.9 Å². The van der Waals surface area contributed by atoms with Crippen molar-refractivity contribution in [1.29, 1.82) is 0 Å². The van der Waals surface area contributed by atoms with E-state index in [2.05, 4.69) is 0 Å². The Morgan fingerprint density at radius 2 is 1.49 bits per heavy atom. The van der Waals surface area contributed by atoms with E-state index in [1.807, 2.05) is 60.7 Å². The average Bonchev–Trinajstić information content (AvgIpc) is 2.97. The van der Waals surface area contributed by atoms with Gasteiger partial charge in [-0.3, -0.25) is 14.5 Å². The summed E-state index contributed by atoms with van der Waals surface area (Å²) in [4.78, 5) is 42.6. The topological polar surface area (TPSA) is 98.9 Å². The highest BCUT2D eigenvalue weighted by Crippen LogP contribution is 2.51. The van der Waals surface area contributed by atoms with E-state index in [4.69, 9.17) is 15.2 Å². The fourth-order valence-corrected chi connectivity index (χ4v) is 5.61. The van der Waals surface area contributed by atoms with Crippen molar-refractivity contribution in [2.45, 2.75) is 18.3 Å². The largest absolute Gasteiger partial charge is 0.468 e. The second-order valence-electron chi connectivity index (χ2n) is 9.39. The van der Waals surface area contributed by atoms with Gasteiger partial charge in [-0.25, -0.2) is 9.18 Å². The van der Waals surface area contributed by atoms with Gasteiger partial charge < -0.3 is 15.2 Å². The maximum absolute atomic E-state index is 14.5. The van der Waals surface area contributed by atoms with E-state index in [9.17, 15) is 18.8 Å². The van der Waals surface area contributed by atoms with Crippen LogP contribution in [0.15, 0.2) is 108 Å². The van der Waals surface area contributed by atoms with E-state index in [0.29, 0.717) is 16.9 Å². The third-order valence-corrected chi connectivity index (χ3v) is 7.34. The number of Topliss-reactive ketones (excluding diaryl/α,β-unsaturated/α-hetero) is 1. The number of ketones is 1. The van der Waals surface area contributed by atoms with Gasteiger partial charge in [-0.05, 0) is 41.8 Å². The fourth-order valence-electron chi connectivity index (χ4n) is 5.61. The molecule has 1 aliphatic heterocycles. The highest BCUT2D eigenvalue weighted by molar-refractivity contribution is 6.14. The SMILES string of the molecule is COC(=O)C1=C(N)N(c2ccccc2)C2=C(C(=O)[C@H](C(=O)OC)[C@@H](c3ccccc3)C2)[C@H]1c1ccc(F)cc1. The van der Waals surface area contributed by atoms with Gasteiger partial charge in [0.1, 0.15) is 17.6 Å². The van der Waals surface area contributed by atoms with Crippen LogP contribution in [0.25, 0.3) is 0 Å². The number of hydrogen-bond acceptors (Lipinski definition) is 7. The molecule has 2 aliphatic rings. The van der Waals surface area contributed by atoms with Gasteiger partial charge in [-0.15, -0.1) is 0 Å². The number of anilines is 1. The van der Waals surface area contributed by atoms with Crippen LogP contribution < -0.4 is 10.6 Å². The zero-order chi connectivity index (χ0) is 27.7. The molecule has 198 valence electrons. The van der Waals surface area contributed by atoms with E-state index in [-0.39, 0.29) is 23.4 Å². The van der Waals surface area contributed by atoms with E-state index >= 15 is 0 Å². The minimum absolute atomic E-state index is 0.0295. The number of carbonyl (C=O) groups is 3. The summed E-state index contributed by atoms with van der Waals surface area (Å²) in [6.45, 7) is 0.